The van der Waals surface area contributed by atoms with E-state index in [1.807, 2.05) is 44.2 Å². The molecule has 1 unspecified atom stereocenters. The summed E-state index contributed by atoms with van der Waals surface area (Å²) in [4.78, 5) is 29.8. The molecule has 0 amide bonds. The first-order valence-electron chi connectivity index (χ1n) is 8.36. The molecule has 25 heavy (non-hydrogen) atoms. The van der Waals surface area contributed by atoms with Gasteiger partial charge in [-0.05, 0) is 11.0 Å². The SMILES string of the molecule is Cc1nc2c(c(=O)o1)C(c1ccccc1)C1=C(CC(C)(C)CC1=O)O2. The van der Waals surface area contributed by atoms with Crippen LogP contribution in [-0.4, -0.2) is 10.8 Å². The fourth-order valence-electron chi connectivity index (χ4n) is 3.75. The Morgan fingerprint density at radius 2 is 1.84 bits per heavy atom. The molecule has 0 spiro atoms. The highest BCUT2D eigenvalue weighted by Gasteiger charge is 2.44. The van der Waals surface area contributed by atoms with Crippen molar-refractivity contribution in [3.05, 3.63) is 69.1 Å². The van der Waals surface area contributed by atoms with E-state index >= 15 is 0 Å². The van der Waals surface area contributed by atoms with Crippen molar-refractivity contribution in [1.29, 1.82) is 0 Å². The normalized spacial score (nSPS) is 21.4. The van der Waals surface area contributed by atoms with Gasteiger partial charge in [-0.25, -0.2) is 4.79 Å². The lowest BCUT2D eigenvalue weighted by Gasteiger charge is -2.37. The smallest absolute Gasteiger partial charge is 0.346 e. The maximum absolute atomic E-state index is 12.9. The summed E-state index contributed by atoms with van der Waals surface area (Å²) < 4.78 is 11.1. The zero-order valence-electron chi connectivity index (χ0n) is 14.5. The van der Waals surface area contributed by atoms with Crippen LogP contribution in [0.1, 0.15) is 49.6 Å². The molecule has 5 nitrogen and oxygen atoms in total. The highest BCUT2D eigenvalue weighted by Crippen LogP contribution is 2.48. The van der Waals surface area contributed by atoms with Gasteiger partial charge in [-0.15, -0.1) is 0 Å². The molecule has 128 valence electrons. The van der Waals surface area contributed by atoms with Gasteiger partial charge < -0.3 is 9.15 Å². The Morgan fingerprint density at radius 1 is 1.12 bits per heavy atom. The molecule has 1 aromatic heterocycles. The number of fused-ring (bicyclic) bond motifs is 1. The first-order valence-corrected chi connectivity index (χ1v) is 8.36. The summed E-state index contributed by atoms with van der Waals surface area (Å²) >= 11 is 0. The highest BCUT2D eigenvalue weighted by atomic mass is 16.5. The van der Waals surface area contributed by atoms with Crippen molar-refractivity contribution in [2.75, 3.05) is 0 Å². The van der Waals surface area contributed by atoms with Crippen molar-refractivity contribution >= 4 is 5.78 Å². The van der Waals surface area contributed by atoms with E-state index in [9.17, 15) is 9.59 Å². The van der Waals surface area contributed by atoms with Gasteiger partial charge in [0, 0.05) is 25.3 Å². The third-order valence-electron chi connectivity index (χ3n) is 4.76. The number of aryl methyl sites for hydroxylation is 1. The molecule has 0 saturated heterocycles. The number of carbonyl (C=O) groups is 1. The summed E-state index contributed by atoms with van der Waals surface area (Å²) in [6.07, 6.45) is 1.07. The molecule has 1 aliphatic heterocycles. The van der Waals surface area contributed by atoms with Crippen molar-refractivity contribution < 1.29 is 13.9 Å². The Balaban J connectivity index is 2.00. The number of allylic oxidation sites excluding steroid dienone is 2. The molecular formula is C20H19NO4. The van der Waals surface area contributed by atoms with E-state index in [2.05, 4.69) is 4.98 Å². The van der Waals surface area contributed by atoms with Crippen LogP contribution in [0.3, 0.4) is 0 Å². The van der Waals surface area contributed by atoms with Crippen molar-refractivity contribution in [3.63, 3.8) is 0 Å². The molecule has 5 heteroatoms. The van der Waals surface area contributed by atoms with Gasteiger partial charge in [-0.3, -0.25) is 4.79 Å². The van der Waals surface area contributed by atoms with Crippen molar-refractivity contribution in [2.45, 2.75) is 39.5 Å². The molecule has 1 aromatic carbocycles. The average molecular weight is 337 g/mol. The molecule has 0 N–H and O–H groups in total. The zero-order chi connectivity index (χ0) is 17.8. The Hall–Kier alpha value is -2.69. The van der Waals surface area contributed by atoms with E-state index in [-0.39, 0.29) is 23.0 Å². The van der Waals surface area contributed by atoms with E-state index < -0.39 is 11.5 Å². The topological polar surface area (TPSA) is 69.4 Å². The summed E-state index contributed by atoms with van der Waals surface area (Å²) in [5.74, 6) is 0.659. The van der Waals surface area contributed by atoms with Gasteiger partial charge in [0.1, 0.15) is 11.3 Å². The summed E-state index contributed by atoms with van der Waals surface area (Å²) in [5, 5.41) is 0. The van der Waals surface area contributed by atoms with Crippen molar-refractivity contribution in [1.82, 2.24) is 4.98 Å². The number of nitrogens with zero attached hydrogens (tertiary/aromatic N) is 1. The second-order valence-corrected chi connectivity index (χ2v) is 7.46. The van der Waals surface area contributed by atoms with Gasteiger partial charge in [-0.2, -0.15) is 4.98 Å². The molecule has 2 aliphatic rings. The third-order valence-corrected chi connectivity index (χ3v) is 4.76. The molecule has 0 radical (unpaired) electrons. The number of ketones is 1. The predicted octanol–water partition coefficient (Wildman–Crippen LogP) is 3.51. The second kappa shape index (κ2) is 5.41. The van der Waals surface area contributed by atoms with E-state index in [0.717, 1.165) is 5.56 Å². The van der Waals surface area contributed by atoms with Crippen molar-refractivity contribution in [2.24, 2.45) is 5.41 Å². The monoisotopic (exact) mass is 337 g/mol. The Kier molecular flexibility index (Phi) is 3.42. The van der Waals surface area contributed by atoms with Gasteiger partial charge in [-0.1, -0.05) is 44.2 Å². The molecular weight excluding hydrogens is 318 g/mol. The summed E-state index contributed by atoms with van der Waals surface area (Å²) in [5.41, 5.74) is 1.06. The van der Waals surface area contributed by atoms with Gasteiger partial charge in [0.25, 0.3) is 0 Å². The van der Waals surface area contributed by atoms with Crippen LogP contribution in [0.25, 0.3) is 0 Å². The Morgan fingerprint density at radius 3 is 2.56 bits per heavy atom. The summed E-state index contributed by atoms with van der Waals surface area (Å²) in [6.45, 7) is 5.70. The number of carbonyl (C=O) groups excluding carboxylic acids is 1. The number of benzene rings is 1. The van der Waals surface area contributed by atoms with E-state index in [1.165, 1.54) is 0 Å². The van der Waals surface area contributed by atoms with Gasteiger partial charge in [0.2, 0.25) is 5.88 Å². The molecule has 4 rings (SSSR count). The number of aromatic nitrogens is 1. The zero-order valence-corrected chi connectivity index (χ0v) is 14.5. The van der Waals surface area contributed by atoms with Crippen molar-refractivity contribution in [3.8, 4) is 5.88 Å². The van der Waals surface area contributed by atoms with E-state index in [4.69, 9.17) is 9.15 Å². The number of rotatable bonds is 1. The van der Waals surface area contributed by atoms with Crippen LogP contribution in [0.15, 0.2) is 50.9 Å². The minimum atomic E-state index is -0.500. The predicted molar refractivity (Wildman–Crippen MR) is 91.5 cm³/mol. The lowest BCUT2D eigenvalue weighted by Crippen LogP contribution is -2.35. The second-order valence-electron chi connectivity index (χ2n) is 7.46. The molecule has 1 atom stereocenters. The number of ether oxygens (including phenoxy) is 1. The fraction of sp³-hybridized carbons (Fsp3) is 0.350. The van der Waals surface area contributed by atoms with Gasteiger partial charge >= 0.3 is 5.63 Å². The molecule has 0 fully saturated rings. The summed E-state index contributed by atoms with van der Waals surface area (Å²) in [7, 11) is 0. The average Bonchev–Trinajstić information content (AvgIpc) is 2.52. The summed E-state index contributed by atoms with van der Waals surface area (Å²) in [6, 6.07) is 9.52. The van der Waals surface area contributed by atoms with Crippen LogP contribution < -0.4 is 10.4 Å². The van der Waals surface area contributed by atoms with Crippen LogP contribution in [-0.2, 0) is 4.79 Å². The molecule has 2 heterocycles. The number of Topliss-reactive ketones (excluding diaryl/α,β-unsaturated/α-hetero) is 1. The van der Waals surface area contributed by atoms with E-state index in [0.29, 0.717) is 29.7 Å². The van der Waals surface area contributed by atoms with E-state index in [1.54, 1.807) is 6.92 Å². The Labute approximate surface area is 145 Å². The Bertz CT molecular complexity index is 953. The lowest BCUT2D eigenvalue weighted by atomic mass is 9.70. The van der Waals surface area contributed by atoms with Crippen LogP contribution in [0.4, 0.5) is 0 Å². The minimum Gasteiger partial charge on any atom is -0.442 e. The highest BCUT2D eigenvalue weighted by molar-refractivity contribution is 6.00. The fourth-order valence-corrected chi connectivity index (χ4v) is 3.75. The van der Waals surface area contributed by atoms with Gasteiger partial charge in [0.05, 0.1) is 5.92 Å². The molecule has 0 bridgehead atoms. The quantitative estimate of drug-likeness (QED) is 0.796. The lowest BCUT2D eigenvalue weighted by molar-refractivity contribution is -0.118. The van der Waals surface area contributed by atoms with Gasteiger partial charge in [0.15, 0.2) is 11.7 Å². The number of hydrogen-bond acceptors (Lipinski definition) is 5. The van der Waals surface area contributed by atoms with Crippen LogP contribution in [0.2, 0.25) is 0 Å². The first kappa shape index (κ1) is 15.8. The maximum atomic E-state index is 12.9. The maximum Gasteiger partial charge on any atom is 0.346 e. The molecule has 0 saturated carbocycles. The third kappa shape index (κ3) is 2.60. The standard InChI is InChI=1S/C20H19NO4/c1-11-21-18-17(19(23)24-11)15(12-7-5-4-6-8-12)16-13(22)9-20(2,3)10-14(16)25-18/h4-8,15H,9-10H2,1-3H3. The van der Waals surface area contributed by atoms with Crippen LogP contribution in [0.5, 0.6) is 5.88 Å². The molecule has 1 aliphatic carbocycles. The van der Waals surface area contributed by atoms with Crippen LogP contribution in [0, 0.1) is 12.3 Å². The number of hydrogen-bond donors (Lipinski definition) is 0. The van der Waals surface area contributed by atoms with Crippen LogP contribution >= 0.6 is 0 Å². The first-order chi connectivity index (χ1) is 11.9. The largest absolute Gasteiger partial charge is 0.442 e. The molecule has 2 aromatic rings. The minimum absolute atomic E-state index is 0.0192.